The summed E-state index contributed by atoms with van der Waals surface area (Å²) in [4.78, 5) is 0. The van der Waals surface area contributed by atoms with Crippen LogP contribution < -0.4 is 4.74 Å². The number of ether oxygens (including phenoxy) is 3. The van der Waals surface area contributed by atoms with Gasteiger partial charge in [0.15, 0.2) is 5.79 Å². The molecule has 0 radical (unpaired) electrons. The van der Waals surface area contributed by atoms with Crippen molar-refractivity contribution in [3.8, 4) is 5.75 Å². The lowest BCUT2D eigenvalue weighted by Gasteiger charge is -2.17. The van der Waals surface area contributed by atoms with Crippen LogP contribution in [0.3, 0.4) is 0 Å². The number of benzene rings is 1. The summed E-state index contributed by atoms with van der Waals surface area (Å²) in [6.45, 7) is 6.55. The SMILES string of the molecule is CC(O)c1ccc(OCC2COC(C)(C)O2)cc1. The van der Waals surface area contributed by atoms with Crippen LogP contribution in [0.15, 0.2) is 24.3 Å². The van der Waals surface area contributed by atoms with Crippen molar-refractivity contribution in [3.05, 3.63) is 29.8 Å². The second-order valence-corrected chi connectivity index (χ2v) is 5.01. The topological polar surface area (TPSA) is 47.9 Å². The third-order valence-corrected chi connectivity index (χ3v) is 2.87. The van der Waals surface area contributed by atoms with Gasteiger partial charge >= 0.3 is 0 Å². The maximum Gasteiger partial charge on any atom is 0.163 e. The molecule has 0 bridgehead atoms. The Kier molecular flexibility index (Phi) is 3.90. The second-order valence-electron chi connectivity index (χ2n) is 5.01. The molecule has 2 rings (SSSR count). The van der Waals surface area contributed by atoms with E-state index >= 15 is 0 Å². The Hall–Kier alpha value is -1.10. The Balaban J connectivity index is 1.84. The predicted molar refractivity (Wildman–Crippen MR) is 67.5 cm³/mol. The van der Waals surface area contributed by atoms with Gasteiger partial charge in [-0.3, -0.25) is 0 Å². The van der Waals surface area contributed by atoms with Crippen LogP contribution in [0.25, 0.3) is 0 Å². The maximum absolute atomic E-state index is 9.40. The van der Waals surface area contributed by atoms with Crippen molar-refractivity contribution in [2.45, 2.75) is 38.8 Å². The largest absolute Gasteiger partial charge is 0.491 e. The second kappa shape index (κ2) is 5.26. The number of hydrogen-bond acceptors (Lipinski definition) is 4. The third kappa shape index (κ3) is 3.45. The summed E-state index contributed by atoms with van der Waals surface area (Å²) >= 11 is 0. The van der Waals surface area contributed by atoms with Crippen LogP contribution >= 0.6 is 0 Å². The summed E-state index contributed by atoms with van der Waals surface area (Å²) < 4.78 is 16.7. The van der Waals surface area contributed by atoms with E-state index in [1.807, 2.05) is 38.1 Å². The van der Waals surface area contributed by atoms with E-state index in [1.54, 1.807) is 6.92 Å². The molecule has 1 aromatic carbocycles. The minimum Gasteiger partial charge on any atom is -0.491 e. The molecular weight excluding hydrogens is 232 g/mol. The van der Waals surface area contributed by atoms with Gasteiger partial charge in [-0.25, -0.2) is 0 Å². The van der Waals surface area contributed by atoms with E-state index in [4.69, 9.17) is 14.2 Å². The maximum atomic E-state index is 9.40. The molecule has 0 spiro atoms. The highest BCUT2D eigenvalue weighted by Crippen LogP contribution is 2.23. The highest BCUT2D eigenvalue weighted by Gasteiger charge is 2.32. The van der Waals surface area contributed by atoms with Gasteiger partial charge in [0.05, 0.1) is 12.7 Å². The summed E-state index contributed by atoms with van der Waals surface area (Å²) in [6.07, 6.45) is -0.483. The standard InChI is InChI=1S/C14H20O4/c1-10(15)11-4-6-12(7-5-11)16-8-13-9-17-14(2,3)18-13/h4-7,10,13,15H,8-9H2,1-3H3. The summed E-state index contributed by atoms with van der Waals surface area (Å²) in [5.74, 6) is 0.261. The number of hydrogen-bond donors (Lipinski definition) is 1. The van der Waals surface area contributed by atoms with Crippen LogP contribution in [0.2, 0.25) is 0 Å². The van der Waals surface area contributed by atoms with E-state index in [0.29, 0.717) is 13.2 Å². The Bertz CT molecular complexity index is 383. The lowest BCUT2D eigenvalue weighted by Crippen LogP contribution is -2.25. The fraction of sp³-hybridized carbons (Fsp3) is 0.571. The fourth-order valence-electron chi connectivity index (χ4n) is 1.88. The molecule has 18 heavy (non-hydrogen) atoms. The molecule has 1 fully saturated rings. The van der Waals surface area contributed by atoms with E-state index in [2.05, 4.69) is 0 Å². The zero-order chi connectivity index (χ0) is 13.2. The molecule has 100 valence electrons. The molecule has 2 unspecified atom stereocenters. The first kappa shape index (κ1) is 13.3. The smallest absolute Gasteiger partial charge is 0.163 e. The Morgan fingerprint density at radius 2 is 2.06 bits per heavy atom. The molecule has 4 heteroatoms. The van der Waals surface area contributed by atoms with Gasteiger partial charge in [-0.15, -0.1) is 0 Å². The van der Waals surface area contributed by atoms with Gasteiger partial charge < -0.3 is 19.3 Å². The van der Waals surface area contributed by atoms with E-state index < -0.39 is 11.9 Å². The first-order chi connectivity index (χ1) is 8.46. The van der Waals surface area contributed by atoms with E-state index in [1.165, 1.54) is 0 Å². The van der Waals surface area contributed by atoms with E-state index in [9.17, 15) is 5.11 Å². The molecule has 1 N–H and O–H groups in total. The van der Waals surface area contributed by atoms with Crippen LogP contribution in [0.1, 0.15) is 32.4 Å². The van der Waals surface area contributed by atoms with Crippen molar-refractivity contribution in [3.63, 3.8) is 0 Å². The van der Waals surface area contributed by atoms with Gasteiger partial charge in [-0.1, -0.05) is 12.1 Å². The zero-order valence-electron chi connectivity index (χ0n) is 11.1. The van der Waals surface area contributed by atoms with Gasteiger partial charge in [-0.2, -0.15) is 0 Å². The average Bonchev–Trinajstić information content (AvgIpc) is 2.67. The van der Waals surface area contributed by atoms with Gasteiger partial charge in [0.2, 0.25) is 0 Å². The summed E-state index contributed by atoms with van der Waals surface area (Å²) in [5, 5.41) is 9.40. The molecule has 1 aromatic rings. The van der Waals surface area contributed by atoms with Crippen molar-refractivity contribution in [1.82, 2.24) is 0 Å². The first-order valence-electron chi connectivity index (χ1n) is 6.19. The van der Waals surface area contributed by atoms with Gasteiger partial charge in [0, 0.05) is 0 Å². The normalized spacial score (nSPS) is 23.9. The predicted octanol–water partition coefficient (Wildman–Crippen LogP) is 2.27. The summed E-state index contributed by atoms with van der Waals surface area (Å²) in [6, 6.07) is 7.41. The molecular formula is C14H20O4. The molecule has 1 aliphatic rings. The quantitative estimate of drug-likeness (QED) is 0.893. The summed E-state index contributed by atoms with van der Waals surface area (Å²) in [7, 11) is 0. The van der Waals surface area contributed by atoms with Crippen LogP contribution in [-0.4, -0.2) is 30.2 Å². The van der Waals surface area contributed by atoms with Crippen LogP contribution in [-0.2, 0) is 9.47 Å². The third-order valence-electron chi connectivity index (χ3n) is 2.87. The number of aliphatic hydroxyl groups is 1. The molecule has 0 aliphatic carbocycles. The van der Waals surface area contributed by atoms with Crippen molar-refractivity contribution in [2.75, 3.05) is 13.2 Å². The van der Waals surface area contributed by atoms with Gasteiger partial charge in [0.1, 0.15) is 18.5 Å². The lowest BCUT2D eigenvalue weighted by molar-refractivity contribution is -0.141. The van der Waals surface area contributed by atoms with Crippen LogP contribution in [0.5, 0.6) is 5.75 Å². The minimum atomic E-state index is -0.510. The zero-order valence-corrected chi connectivity index (χ0v) is 11.1. The molecule has 0 saturated carbocycles. The molecule has 2 atom stereocenters. The lowest BCUT2D eigenvalue weighted by atomic mass is 10.1. The van der Waals surface area contributed by atoms with E-state index in [0.717, 1.165) is 11.3 Å². The van der Waals surface area contributed by atoms with Crippen LogP contribution in [0.4, 0.5) is 0 Å². The number of aliphatic hydroxyl groups excluding tert-OH is 1. The van der Waals surface area contributed by atoms with Gasteiger partial charge in [-0.05, 0) is 38.5 Å². The highest BCUT2D eigenvalue weighted by molar-refractivity contribution is 5.28. The minimum absolute atomic E-state index is 0.0311. The fourth-order valence-corrected chi connectivity index (χ4v) is 1.88. The van der Waals surface area contributed by atoms with Crippen molar-refractivity contribution < 1.29 is 19.3 Å². The van der Waals surface area contributed by atoms with Crippen LogP contribution in [0, 0.1) is 0 Å². The average molecular weight is 252 g/mol. The molecule has 1 heterocycles. The Labute approximate surface area is 107 Å². The van der Waals surface area contributed by atoms with Gasteiger partial charge in [0.25, 0.3) is 0 Å². The Morgan fingerprint density at radius 3 is 2.56 bits per heavy atom. The van der Waals surface area contributed by atoms with Crippen molar-refractivity contribution in [1.29, 1.82) is 0 Å². The molecule has 1 aliphatic heterocycles. The van der Waals surface area contributed by atoms with E-state index in [-0.39, 0.29) is 6.10 Å². The first-order valence-corrected chi connectivity index (χ1v) is 6.19. The highest BCUT2D eigenvalue weighted by atomic mass is 16.7. The monoisotopic (exact) mass is 252 g/mol. The molecule has 0 aromatic heterocycles. The number of rotatable bonds is 4. The van der Waals surface area contributed by atoms with Crippen molar-refractivity contribution in [2.24, 2.45) is 0 Å². The Morgan fingerprint density at radius 1 is 1.39 bits per heavy atom. The molecule has 0 amide bonds. The molecule has 4 nitrogen and oxygen atoms in total. The summed E-state index contributed by atoms with van der Waals surface area (Å²) in [5.41, 5.74) is 0.879. The molecule has 1 saturated heterocycles. The van der Waals surface area contributed by atoms with Crippen molar-refractivity contribution >= 4 is 0 Å².